The Morgan fingerprint density at radius 1 is 1.23 bits per heavy atom. The van der Waals surface area contributed by atoms with Crippen molar-refractivity contribution in [1.29, 1.82) is 0 Å². The summed E-state index contributed by atoms with van der Waals surface area (Å²) in [6, 6.07) is 3.17. The van der Waals surface area contributed by atoms with E-state index < -0.39 is 5.97 Å². The molecule has 144 valence electrons. The molecule has 1 aliphatic rings. The van der Waals surface area contributed by atoms with E-state index in [1.54, 1.807) is 19.1 Å². The molecule has 1 aromatic rings. The summed E-state index contributed by atoms with van der Waals surface area (Å²) in [7, 11) is 2.16. The van der Waals surface area contributed by atoms with E-state index in [-0.39, 0.29) is 18.6 Å². The molecule has 1 heterocycles. The van der Waals surface area contributed by atoms with E-state index in [2.05, 4.69) is 12.4 Å². The van der Waals surface area contributed by atoms with Crippen LogP contribution < -0.4 is 5.32 Å². The Hall–Kier alpha value is -1.59. The van der Waals surface area contributed by atoms with Crippen molar-refractivity contribution in [3.05, 3.63) is 28.3 Å². The summed E-state index contributed by atoms with van der Waals surface area (Å²) in [6.45, 7) is 7.92. The molecule has 2 rings (SSSR count). The molecule has 1 fully saturated rings. The van der Waals surface area contributed by atoms with Crippen molar-refractivity contribution in [2.24, 2.45) is 0 Å². The third-order valence-corrected chi connectivity index (χ3v) is 5.54. The monoisotopic (exact) mass is 381 g/mol. The van der Waals surface area contributed by atoms with Gasteiger partial charge >= 0.3 is 5.97 Å². The minimum atomic E-state index is -0.472. The van der Waals surface area contributed by atoms with Gasteiger partial charge in [0, 0.05) is 11.4 Å². The van der Waals surface area contributed by atoms with Crippen molar-refractivity contribution < 1.29 is 18.8 Å². The average molecular weight is 382 g/mol. The molecule has 1 aromatic carbocycles. The van der Waals surface area contributed by atoms with E-state index in [0.717, 1.165) is 42.4 Å². The predicted octanol–water partition coefficient (Wildman–Crippen LogP) is 4.17. The Morgan fingerprint density at radius 2 is 1.88 bits per heavy atom. The molecule has 5 nitrogen and oxygen atoms in total. The second-order valence-corrected chi connectivity index (χ2v) is 7.70. The second-order valence-electron chi connectivity index (χ2n) is 7.27. The maximum atomic E-state index is 13.1. The standard InChI is InChI=1S/C20H29ClN2O3/c1-5-17(23(4)10-8-7-9-11-23)19(24)22-18-14(3)12-15(21)13-16(18)20(25)26-6-2/h12-13,17H,5-11H2,1-4H3/p+1. The third-order valence-electron chi connectivity index (χ3n) is 5.32. The van der Waals surface area contributed by atoms with Crippen LogP contribution in [0.25, 0.3) is 0 Å². The van der Waals surface area contributed by atoms with Gasteiger partial charge < -0.3 is 14.5 Å². The van der Waals surface area contributed by atoms with Crippen molar-refractivity contribution in [2.75, 3.05) is 32.1 Å². The number of amides is 1. The first-order valence-electron chi connectivity index (χ1n) is 9.44. The van der Waals surface area contributed by atoms with Crippen LogP contribution in [0, 0.1) is 6.92 Å². The van der Waals surface area contributed by atoms with Crippen LogP contribution in [0.1, 0.15) is 55.5 Å². The van der Waals surface area contributed by atoms with Gasteiger partial charge in [-0.1, -0.05) is 18.5 Å². The largest absolute Gasteiger partial charge is 0.462 e. The van der Waals surface area contributed by atoms with Gasteiger partial charge in [0.25, 0.3) is 5.91 Å². The van der Waals surface area contributed by atoms with Gasteiger partial charge in [0.1, 0.15) is 0 Å². The molecule has 0 saturated carbocycles. The fourth-order valence-electron chi connectivity index (χ4n) is 3.94. The van der Waals surface area contributed by atoms with Crippen LogP contribution in [-0.2, 0) is 9.53 Å². The first-order valence-corrected chi connectivity index (χ1v) is 9.82. The first-order chi connectivity index (χ1) is 12.3. The Kier molecular flexibility index (Phi) is 7.07. The Labute approximate surface area is 161 Å². The molecule has 0 radical (unpaired) electrons. The second kappa shape index (κ2) is 8.87. The van der Waals surface area contributed by atoms with Gasteiger partial charge in [-0.05, 0) is 50.8 Å². The maximum Gasteiger partial charge on any atom is 0.340 e. The minimum Gasteiger partial charge on any atom is -0.462 e. The molecule has 6 heteroatoms. The van der Waals surface area contributed by atoms with E-state index in [4.69, 9.17) is 16.3 Å². The number of rotatable bonds is 6. The van der Waals surface area contributed by atoms with E-state index in [1.807, 2.05) is 13.8 Å². The third kappa shape index (κ3) is 4.57. The number of quaternary nitrogens is 1. The zero-order chi connectivity index (χ0) is 19.3. The summed E-state index contributed by atoms with van der Waals surface area (Å²) in [5.41, 5.74) is 1.56. The highest BCUT2D eigenvalue weighted by Gasteiger charge is 2.38. The van der Waals surface area contributed by atoms with Crippen LogP contribution in [0.15, 0.2) is 12.1 Å². The Balaban J connectivity index is 2.31. The highest BCUT2D eigenvalue weighted by Crippen LogP contribution is 2.28. The van der Waals surface area contributed by atoms with Gasteiger partial charge in [0.05, 0.1) is 38.0 Å². The number of likely N-dealkylation sites (tertiary alicyclic amines) is 1. The lowest BCUT2D eigenvalue weighted by molar-refractivity contribution is -0.928. The molecule has 0 spiro atoms. The van der Waals surface area contributed by atoms with Crippen molar-refractivity contribution in [3.8, 4) is 0 Å². The van der Waals surface area contributed by atoms with Gasteiger partial charge in [0.2, 0.25) is 0 Å². The van der Waals surface area contributed by atoms with Gasteiger partial charge in [-0.2, -0.15) is 0 Å². The first kappa shape index (κ1) is 20.7. The zero-order valence-electron chi connectivity index (χ0n) is 16.2. The molecule has 1 atom stereocenters. The molecular formula is C20H30ClN2O3+. The molecule has 1 unspecified atom stereocenters. The number of halogens is 1. The van der Waals surface area contributed by atoms with Crippen molar-refractivity contribution in [3.63, 3.8) is 0 Å². The number of hydrogen-bond acceptors (Lipinski definition) is 3. The van der Waals surface area contributed by atoms with Crippen LogP contribution >= 0.6 is 11.6 Å². The zero-order valence-corrected chi connectivity index (χ0v) is 17.0. The van der Waals surface area contributed by atoms with Gasteiger partial charge in [-0.3, -0.25) is 4.79 Å². The van der Waals surface area contributed by atoms with Gasteiger partial charge in [0.15, 0.2) is 6.04 Å². The number of likely N-dealkylation sites (N-methyl/N-ethyl adjacent to an activating group) is 1. The molecule has 26 heavy (non-hydrogen) atoms. The average Bonchev–Trinajstić information content (AvgIpc) is 2.58. The normalized spacial score (nSPS) is 17.4. The molecule has 0 aromatic heterocycles. The van der Waals surface area contributed by atoms with Gasteiger partial charge in [-0.15, -0.1) is 0 Å². The number of piperidine rings is 1. The fourth-order valence-corrected chi connectivity index (χ4v) is 4.21. The lowest BCUT2D eigenvalue weighted by Gasteiger charge is -2.43. The lowest BCUT2D eigenvalue weighted by atomic mass is 10.0. The predicted molar refractivity (Wildman–Crippen MR) is 105 cm³/mol. The number of carbonyl (C=O) groups is 2. The molecular weight excluding hydrogens is 352 g/mol. The summed E-state index contributed by atoms with van der Waals surface area (Å²) < 4.78 is 5.88. The lowest BCUT2D eigenvalue weighted by Crippen LogP contribution is -2.59. The Bertz CT molecular complexity index is 669. The number of benzene rings is 1. The van der Waals surface area contributed by atoms with Crippen LogP contribution in [0.3, 0.4) is 0 Å². The van der Waals surface area contributed by atoms with Crippen molar-refractivity contribution >= 4 is 29.2 Å². The maximum absolute atomic E-state index is 13.1. The van der Waals surface area contributed by atoms with Crippen molar-refractivity contribution in [2.45, 2.75) is 52.5 Å². The van der Waals surface area contributed by atoms with Crippen LogP contribution in [0.5, 0.6) is 0 Å². The topological polar surface area (TPSA) is 55.4 Å². The highest BCUT2D eigenvalue weighted by atomic mass is 35.5. The highest BCUT2D eigenvalue weighted by molar-refractivity contribution is 6.31. The van der Waals surface area contributed by atoms with E-state index in [0.29, 0.717) is 16.3 Å². The fraction of sp³-hybridized carbons (Fsp3) is 0.600. The summed E-state index contributed by atoms with van der Waals surface area (Å²) in [5, 5.41) is 3.45. The Morgan fingerprint density at radius 3 is 2.46 bits per heavy atom. The number of nitrogens with one attached hydrogen (secondary N) is 1. The minimum absolute atomic E-state index is 0.0483. The number of hydrogen-bond donors (Lipinski definition) is 1. The molecule has 1 saturated heterocycles. The molecule has 1 amide bonds. The van der Waals surface area contributed by atoms with Crippen LogP contribution in [-0.4, -0.2) is 49.1 Å². The SMILES string of the molecule is CCOC(=O)c1cc(Cl)cc(C)c1NC(=O)C(CC)[N+]1(C)CCCCC1. The molecule has 1 N–H and O–H groups in total. The molecule has 0 bridgehead atoms. The number of esters is 1. The summed E-state index contributed by atoms with van der Waals surface area (Å²) in [6.07, 6.45) is 4.28. The summed E-state index contributed by atoms with van der Waals surface area (Å²) in [4.78, 5) is 25.4. The van der Waals surface area contributed by atoms with Crippen LogP contribution in [0.2, 0.25) is 5.02 Å². The summed E-state index contributed by atoms with van der Waals surface area (Å²) in [5.74, 6) is -0.521. The summed E-state index contributed by atoms with van der Waals surface area (Å²) >= 11 is 6.11. The van der Waals surface area contributed by atoms with Crippen LogP contribution in [0.4, 0.5) is 5.69 Å². The van der Waals surface area contributed by atoms with E-state index >= 15 is 0 Å². The molecule has 0 aliphatic carbocycles. The molecule has 1 aliphatic heterocycles. The number of ether oxygens (including phenoxy) is 1. The smallest absolute Gasteiger partial charge is 0.340 e. The number of aryl methyl sites for hydroxylation is 1. The van der Waals surface area contributed by atoms with E-state index in [9.17, 15) is 9.59 Å². The quantitative estimate of drug-likeness (QED) is 0.594. The number of anilines is 1. The van der Waals surface area contributed by atoms with Gasteiger partial charge in [-0.25, -0.2) is 4.79 Å². The van der Waals surface area contributed by atoms with Crippen molar-refractivity contribution in [1.82, 2.24) is 0 Å². The number of nitrogens with zero attached hydrogens (tertiary/aromatic N) is 1. The van der Waals surface area contributed by atoms with E-state index in [1.165, 1.54) is 6.42 Å². The number of carbonyl (C=O) groups excluding carboxylic acids is 2.